The molecule has 7 nitrogen and oxygen atoms in total. The zero-order valence-electron chi connectivity index (χ0n) is 15.3. The number of aryl methyl sites for hydroxylation is 1. The highest BCUT2D eigenvalue weighted by atomic mass is 32.2. The van der Waals surface area contributed by atoms with Crippen molar-refractivity contribution in [3.63, 3.8) is 0 Å². The minimum Gasteiger partial charge on any atom is -0.452 e. The third kappa shape index (κ3) is 4.90. The molecule has 1 amide bonds. The molecule has 10 heteroatoms. The fourth-order valence-corrected chi connectivity index (χ4v) is 3.04. The predicted octanol–water partition coefficient (Wildman–Crippen LogP) is 2.32. The van der Waals surface area contributed by atoms with E-state index in [1.165, 1.54) is 26.2 Å². The lowest BCUT2D eigenvalue weighted by Gasteiger charge is -2.12. The van der Waals surface area contributed by atoms with E-state index in [0.29, 0.717) is 5.56 Å². The molecule has 0 unspecified atom stereocenters. The van der Waals surface area contributed by atoms with Crippen molar-refractivity contribution in [3.05, 3.63) is 59.2 Å². The van der Waals surface area contributed by atoms with E-state index in [-0.39, 0.29) is 10.6 Å². The van der Waals surface area contributed by atoms with Crippen LogP contribution in [0.25, 0.3) is 0 Å². The van der Waals surface area contributed by atoms with Gasteiger partial charge in [0.2, 0.25) is 10.0 Å². The van der Waals surface area contributed by atoms with E-state index in [0.717, 1.165) is 28.6 Å². The number of halogens is 2. The maximum atomic E-state index is 13.9. The maximum Gasteiger partial charge on any atom is 0.341 e. The van der Waals surface area contributed by atoms with E-state index in [2.05, 4.69) is 5.32 Å². The molecule has 2 aromatic rings. The fourth-order valence-electron chi connectivity index (χ4n) is 2.11. The van der Waals surface area contributed by atoms with Gasteiger partial charge >= 0.3 is 5.97 Å². The minimum absolute atomic E-state index is 0.161. The predicted molar refractivity (Wildman–Crippen MR) is 97.3 cm³/mol. The zero-order valence-corrected chi connectivity index (χ0v) is 16.1. The lowest BCUT2D eigenvalue weighted by atomic mass is 10.2. The Morgan fingerprint density at radius 2 is 1.75 bits per heavy atom. The van der Waals surface area contributed by atoms with Crippen LogP contribution in [0.5, 0.6) is 0 Å². The highest BCUT2D eigenvalue weighted by Gasteiger charge is 2.22. The number of carbonyl (C=O) groups excluding carboxylic acids is 2. The zero-order chi connectivity index (χ0) is 21.1. The van der Waals surface area contributed by atoms with Crippen molar-refractivity contribution >= 4 is 27.6 Å². The number of nitrogens with one attached hydrogen (secondary N) is 1. The van der Waals surface area contributed by atoms with Crippen LogP contribution >= 0.6 is 0 Å². The molecular formula is C18H18F2N2O5S. The summed E-state index contributed by atoms with van der Waals surface area (Å²) in [6.45, 7) is 0.792. The number of esters is 1. The van der Waals surface area contributed by atoms with Crippen molar-refractivity contribution in [2.45, 2.75) is 11.8 Å². The van der Waals surface area contributed by atoms with E-state index in [4.69, 9.17) is 4.74 Å². The molecule has 0 aliphatic heterocycles. The molecule has 0 aliphatic carbocycles. The molecule has 1 N–H and O–H groups in total. The van der Waals surface area contributed by atoms with Crippen LogP contribution in [0.2, 0.25) is 0 Å². The summed E-state index contributed by atoms with van der Waals surface area (Å²) in [5.41, 5.74) is -0.0704. The summed E-state index contributed by atoms with van der Waals surface area (Å²) >= 11 is 0. The lowest BCUT2D eigenvalue weighted by molar-refractivity contribution is -0.119. The number of amides is 1. The van der Waals surface area contributed by atoms with Crippen LogP contribution < -0.4 is 5.32 Å². The summed E-state index contributed by atoms with van der Waals surface area (Å²) in [5.74, 6) is -3.49. The standard InChI is InChI=1S/C18H18F2N2O5S/c1-11-4-5-12(8-16(11)20)21-17(23)10-27-18(24)14-9-13(6-7-15(14)19)28(25,26)22(2)3/h4-9H,10H2,1-3H3,(H,21,23). The molecule has 0 fully saturated rings. The summed E-state index contributed by atoms with van der Waals surface area (Å²) < 4.78 is 57.2. The van der Waals surface area contributed by atoms with Gasteiger partial charge in [-0.2, -0.15) is 0 Å². The van der Waals surface area contributed by atoms with Gasteiger partial charge in [-0.1, -0.05) is 6.07 Å². The van der Waals surface area contributed by atoms with Crippen LogP contribution in [0.4, 0.5) is 14.5 Å². The van der Waals surface area contributed by atoms with Gasteiger partial charge in [0.05, 0.1) is 10.5 Å². The molecule has 0 bridgehead atoms. The van der Waals surface area contributed by atoms with E-state index in [9.17, 15) is 26.8 Å². The Labute approximate surface area is 161 Å². The van der Waals surface area contributed by atoms with Crippen molar-refractivity contribution < 1.29 is 31.5 Å². The largest absolute Gasteiger partial charge is 0.452 e. The van der Waals surface area contributed by atoms with Crippen LogP contribution in [0.15, 0.2) is 41.3 Å². The molecular weight excluding hydrogens is 394 g/mol. The molecule has 150 valence electrons. The maximum absolute atomic E-state index is 13.9. The molecule has 0 heterocycles. The first-order chi connectivity index (χ1) is 13.0. The average Bonchev–Trinajstić information content (AvgIpc) is 2.63. The summed E-state index contributed by atoms with van der Waals surface area (Å²) in [7, 11) is -1.31. The lowest BCUT2D eigenvalue weighted by Crippen LogP contribution is -2.24. The number of rotatable bonds is 6. The van der Waals surface area contributed by atoms with Gasteiger partial charge in [0.15, 0.2) is 6.61 Å². The number of carbonyl (C=O) groups is 2. The van der Waals surface area contributed by atoms with Gasteiger partial charge in [0, 0.05) is 19.8 Å². The molecule has 2 aromatic carbocycles. The molecule has 0 radical (unpaired) electrons. The number of hydrogen-bond donors (Lipinski definition) is 1. The smallest absolute Gasteiger partial charge is 0.341 e. The summed E-state index contributed by atoms with van der Waals surface area (Å²) in [5, 5.41) is 2.33. The second-order valence-corrected chi connectivity index (χ2v) is 8.17. The minimum atomic E-state index is -3.89. The third-order valence-corrected chi connectivity index (χ3v) is 5.54. The Hall–Kier alpha value is -2.85. The quantitative estimate of drug-likeness (QED) is 0.735. The summed E-state index contributed by atoms with van der Waals surface area (Å²) in [6, 6.07) is 6.70. The van der Waals surface area contributed by atoms with Crippen LogP contribution in [-0.2, 0) is 19.6 Å². The molecule has 2 rings (SSSR count). The van der Waals surface area contributed by atoms with Gasteiger partial charge in [0.25, 0.3) is 5.91 Å². The van der Waals surface area contributed by atoms with E-state index in [1.807, 2.05) is 0 Å². The van der Waals surface area contributed by atoms with Crippen LogP contribution in [0, 0.1) is 18.6 Å². The van der Waals surface area contributed by atoms with Crippen LogP contribution in [0.3, 0.4) is 0 Å². The fraction of sp³-hybridized carbons (Fsp3) is 0.222. The highest BCUT2D eigenvalue weighted by molar-refractivity contribution is 7.89. The molecule has 28 heavy (non-hydrogen) atoms. The molecule has 0 spiro atoms. The van der Waals surface area contributed by atoms with Gasteiger partial charge in [0.1, 0.15) is 11.6 Å². The molecule has 0 aliphatic rings. The summed E-state index contributed by atoms with van der Waals surface area (Å²) in [4.78, 5) is 23.6. The first-order valence-electron chi connectivity index (χ1n) is 7.97. The van der Waals surface area contributed by atoms with Gasteiger partial charge in [-0.25, -0.2) is 26.3 Å². The number of nitrogens with zero attached hydrogens (tertiary/aromatic N) is 1. The number of benzene rings is 2. The Morgan fingerprint density at radius 1 is 1.07 bits per heavy atom. The van der Waals surface area contributed by atoms with Crippen LogP contribution in [0.1, 0.15) is 15.9 Å². The van der Waals surface area contributed by atoms with Crippen LogP contribution in [-0.4, -0.2) is 45.3 Å². The number of sulfonamides is 1. The van der Waals surface area contributed by atoms with Crippen molar-refractivity contribution in [1.82, 2.24) is 4.31 Å². The first-order valence-corrected chi connectivity index (χ1v) is 9.41. The van der Waals surface area contributed by atoms with Gasteiger partial charge in [-0.15, -0.1) is 0 Å². The van der Waals surface area contributed by atoms with Crippen molar-refractivity contribution in [1.29, 1.82) is 0 Å². The first kappa shape index (κ1) is 21.5. The Bertz CT molecular complexity index is 1020. The third-order valence-electron chi connectivity index (χ3n) is 3.73. The van der Waals surface area contributed by atoms with Gasteiger partial charge < -0.3 is 10.1 Å². The second-order valence-electron chi connectivity index (χ2n) is 6.02. The van der Waals surface area contributed by atoms with E-state index >= 15 is 0 Å². The highest BCUT2D eigenvalue weighted by Crippen LogP contribution is 2.19. The number of ether oxygens (including phenoxy) is 1. The van der Waals surface area contributed by atoms with Crippen molar-refractivity contribution in [2.75, 3.05) is 26.0 Å². The normalized spacial score (nSPS) is 11.4. The molecule has 0 saturated carbocycles. The topological polar surface area (TPSA) is 92.8 Å². The van der Waals surface area contributed by atoms with E-state index in [1.54, 1.807) is 6.92 Å². The SMILES string of the molecule is Cc1ccc(NC(=O)COC(=O)c2cc(S(=O)(=O)N(C)C)ccc2F)cc1F. The summed E-state index contributed by atoms with van der Waals surface area (Å²) in [6.07, 6.45) is 0. The molecule has 0 aromatic heterocycles. The Morgan fingerprint density at radius 3 is 2.36 bits per heavy atom. The Balaban J connectivity index is 2.08. The Kier molecular flexibility index (Phi) is 6.47. The second kappa shape index (κ2) is 8.44. The number of anilines is 1. The number of hydrogen-bond acceptors (Lipinski definition) is 5. The van der Waals surface area contributed by atoms with E-state index < -0.39 is 45.7 Å². The van der Waals surface area contributed by atoms with Crippen molar-refractivity contribution in [2.24, 2.45) is 0 Å². The van der Waals surface area contributed by atoms with Gasteiger partial charge in [-0.05, 0) is 42.8 Å². The molecule has 0 saturated heterocycles. The average molecular weight is 412 g/mol. The monoisotopic (exact) mass is 412 g/mol. The molecule has 0 atom stereocenters. The van der Waals surface area contributed by atoms with Crippen molar-refractivity contribution in [3.8, 4) is 0 Å². The van der Waals surface area contributed by atoms with Gasteiger partial charge in [-0.3, -0.25) is 4.79 Å².